The third-order valence-electron chi connectivity index (χ3n) is 1.38. The number of rotatable bonds is 5. The lowest BCUT2D eigenvalue weighted by Gasteiger charge is -2.16. The molecular weight excluding hydrogens is 172 g/mol. The second-order valence-corrected chi connectivity index (χ2v) is 2.28. The first-order chi connectivity index (χ1) is 6.13. The normalized spacial score (nSPS) is 8.69. The van der Waals surface area contributed by atoms with Crippen molar-refractivity contribution in [3.05, 3.63) is 12.7 Å². The van der Waals surface area contributed by atoms with Crippen LogP contribution in [-0.2, 0) is 14.4 Å². The van der Waals surface area contributed by atoms with E-state index in [1.54, 1.807) is 0 Å². The third kappa shape index (κ3) is 4.05. The third-order valence-corrected chi connectivity index (χ3v) is 1.38. The topological polar surface area (TPSA) is 66.5 Å². The average molecular weight is 184 g/mol. The Bertz CT molecular complexity index is 225. The Kier molecular flexibility index (Phi) is 5.18. The van der Waals surface area contributed by atoms with Crippen molar-refractivity contribution in [1.82, 2.24) is 10.2 Å². The van der Waals surface area contributed by atoms with Crippen LogP contribution in [0.1, 0.15) is 6.92 Å². The largest absolute Gasteiger partial charge is 0.357 e. The number of imide groups is 1. The summed E-state index contributed by atoms with van der Waals surface area (Å²) in [4.78, 5) is 32.8. The standard InChI is InChI=1S/C8H12N2O3/c1-3-8(13)10(7(2)12)5-4-9-6-11/h3,6H,1,4-5H2,2H3,(H,9,11). The van der Waals surface area contributed by atoms with Crippen LogP contribution < -0.4 is 5.32 Å². The van der Waals surface area contributed by atoms with E-state index in [2.05, 4.69) is 11.9 Å². The van der Waals surface area contributed by atoms with Gasteiger partial charge in [0.25, 0.3) is 5.91 Å². The fourth-order valence-corrected chi connectivity index (χ4v) is 0.768. The van der Waals surface area contributed by atoms with E-state index in [0.717, 1.165) is 11.0 Å². The van der Waals surface area contributed by atoms with Crippen molar-refractivity contribution in [2.75, 3.05) is 13.1 Å². The number of hydrogen-bond donors (Lipinski definition) is 1. The van der Waals surface area contributed by atoms with Crippen LogP contribution in [0.5, 0.6) is 0 Å². The van der Waals surface area contributed by atoms with Crippen molar-refractivity contribution in [3.8, 4) is 0 Å². The fourth-order valence-electron chi connectivity index (χ4n) is 0.768. The minimum atomic E-state index is -0.458. The van der Waals surface area contributed by atoms with Gasteiger partial charge in [0.2, 0.25) is 12.3 Å². The zero-order valence-electron chi connectivity index (χ0n) is 7.45. The van der Waals surface area contributed by atoms with Gasteiger partial charge >= 0.3 is 0 Å². The van der Waals surface area contributed by atoms with E-state index < -0.39 is 5.91 Å². The van der Waals surface area contributed by atoms with Crippen LogP contribution in [0, 0.1) is 0 Å². The molecule has 0 aromatic rings. The number of amides is 3. The Morgan fingerprint density at radius 2 is 2.15 bits per heavy atom. The lowest BCUT2D eigenvalue weighted by atomic mass is 10.4. The Hall–Kier alpha value is -1.65. The molecule has 0 unspecified atom stereocenters. The first-order valence-electron chi connectivity index (χ1n) is 3.75. The van der Waals surface area contributed by atoms with Crippen molar-refractivity contribution < 1.29 is 14.4 Å². The molecule has 0 atom stereocenters. The van der Waals surface area contributed by atoms with Gasteiger partial charge < -0.3 is 5.32 Å². The molecular formula is C8H12N2O3. The molecule has 0 fully saturated rings. The molecule has 0 aromatic carbocycles. The van der Waals surface area contributed by atoms with E-state index in [-0.39, 0.29) is 19.0 Å². The average Bonchev–Trinajstić information content (AvgIpc) is 2.11. The predicted octanol–water partition coefficient (Wildman–Crippen LogP) is -0.707. The molecule has 0 radical (unpaired) electrons. The van der Waals surface area contributed by atoms with Gasteiger partial charge in [0.1, 0.15) is 0 Å². The second kappa shape index (κ2) is 5.93. The first-order valence-corrected chi connectivity index (χ1v) is 3.75. The van der Waals surface area contributed by atoms with Crippen LogP contribution in [0.3, 0.4) is 0 Å². The monoisotopic (exact) mass is 184 g/mol. The highest BCUT2D eigenvalue weighted by molar-refractivity contribution is 5.99. The number of hydrogen-bond acceptors (Lipinski definition) is 3. The van der Waals surface area contributed by atoms with Crippen LogP contribution in [0.4, 0.5) is 0 Å². The van der Waals surface area contributed by atoms with Gasteiger partial charge in [-0.3, -0.25) is 19.3 Å². The summed E-state index contributed by atoms with van der Waals surface area (Å²) in [6, 6.07) is 0. The molecule has 5 heteroatoms. The highest BCUT2D eigenvalue weighted by Gasteiger charge is 2.13. The van der Waals surface area contributed by atoms with Gasteiger partial charge in [0, 0.05) is 20.0 Å². The van der Waals surface area contributed by atoms with Gasteiger partial charge in [-0.15, -0.1) is 0 Å². The maximum Gasteiger partial charge on any atom is 0.252 e. The SMILES string of the molecule is C=CC(=O)N(CCNC=O)C(C)=O. The Morgan fingerprint density at radius 3 is 2.54 bits per heavy atom. The molecule has 0 aliphatic heterocycles. The number of nitrogens with zero attached hydrogens (tertiary/aromatic N) is 1. The van der Waals surface area contributed by atoms with E-state index in [1.165, 1.54) is 6.92 Å². The lowest BCUT2D eigenvalue weighted by molar-refractivity contribution is -0.140. The zero-order valence-corrected chi connectivity index (χ0v) is 7.45. The summed E-state index contributed by atoms with van der Waals surface area (Å²) in [7, 11) is 0. The number of carbonyl (C=O) groups is 3. The highest BCUT2D eigenvalue weighted by Crippen LogP contribution is 1.90. The van der Waals surface area contributed by atoms with E-state index in [1.807, 2.05) is 0 Å². The van der Waals surface area contributed by atoms with Gasteiger partial charge in [-0.1, -0.05) is 6.58 Å². The molecule has 0 aromatic heterocycles. The van der Waals surface area contributed by atoms with Crippen molar-refractivity contribution in [2.24, 2.45) is 0 Å². The van der Waals surface area contributed by atoms with Crippen molar-refractivity contribution in [1.29, 1.82) is 0 Å². The van der Waals surface area contributed by atoms with Crippen LogP contribution in [0.25, 0.3) is 0 Å². The summed E-state index contributed by atoms with van der Waals surface area (Å²) in [6.45, 7) is 4.96. The molecule has 0 saturated carbocycles. The maximum atomic E-state index is 11.0. The molecule has 5 nitrogen and oxygen atoms in total. The molecule has 0 saturated heterocycles. The van der Waals surface area contributed by atoms with Crippen molar-refractivity contribution in [2.45, 2.75) is 6.92 Å². The number of carbonyl (C=O) groups excluding carboxylic acids is 3. The van der Waals surface area contributed by atoms with Gasteiger partial charge in [0.05, 0.1) is 0 Å². The van der Waals surface area contributed by atoms with Gasteiger partial charge in [-0.2, -0.15) is 0 Å². The van der Waals surface area contributed by atoms with Gasteiger partial charge in [-0.05, 0) is 6.08 Å². The molecule has 1 N–H and O–H groups in total. The van der Waals surface area contributed by atoms with Crippen LogP contribution in [0.15, 0.2) is 12.7 Å². The quantitative estimate of drug-likeness (QED) is 0.349. The molecule has 0 aliphatic rings. The Balaban J connectivity index is 4.10. The van der Waals surface area contributed by atoms with E-state index in [9.17, 15) is 14.4 Å². The predicted molar refractivity (Wildman–Crippen MR) is 46.7 cm³/mol. The minimum Gasteiger partial charge on any atom is -0.357 e. The maximum absolute atomic E-state index is 11.0. The Morgan fingerprint density at radius 1 is 1.54 bits per heavy atom. The summed E-state index contributed by atoms with van der Waals surface area (Å²) >= 11 is 0. The first kappa shape index (κ1) is 11.4. The van der Waals surface area contributed by atoms with E-state index >= 15 is 0 Å². The van der Waals surface area contributed by atoms with Crippen LogP contribution in [-0.4, -0.2) is 36.2 Å². The summed E-state index contributed by atoms with van der Waals surface area (Å²) in [5.74, 6) is -0.821. The number of nitrogens with one attached hydrogen (secondary N) is 1. The smallest absolute Gasteiger partial charge is 0.252 e. The minimum absolute atomic E-state index is 0.166. The molecule has 0 spiro atoms. The molecule has 0 bridgehead atoms. The van der Waals surface area contributed by atoms with Gasteiger partial charge in [0.15, 0.2) is 0 Å². The van der Waals surface area contributed by atoms with Gasteiger partial charge in [-0.25, -0.2) is 0 Å². The summed E-state index contributed by atoms with van der Waals surface area (Å²) in [5.41, 5.74) is 0. The molecule has 0 rings (SSSR count). The molecule has 3 amide bonds. The molecule has 72 valence electrons. The Labute approximate surface area is 76.4 Å². The van der Waals surface area contributed by atoms with Crippen LogP contribution in [0.2, 0.25) is 0 Å². The molecule has 13 heavy (non-hydrogen) atoms. The van der Waals surface area contributed by atoms with E-state index in [4.69, 9.17) is 0 Å². The highest BCUT2D eigenvalue weighted by atomic mass is 16.2. The van der Waals surface area contributed by atoms with Crippen molar-refractivity contribution in [3.63, 3.8) is 0 Å². The summed E-state index contributed by atoms with van der Waals surface area (Å²) in [6.07, 6.45) is 1.57. The fraction of sp³-hybridized carbons (Fsp3) is 0.375. The zero-order chi connectivity index (χ0) is 10.3. The second-order valence-electron chi connectivity index (χ2n) is 2.28. The van der Waals surface area contributed by atoms with Crippen LogP contribution >= 0.6 is 0 Å². The van der Waals surface area contributed by atoms with E-state index in [0.29, 0.717) is 6.41 Å². The molecule has 0 aliphatic carbocycles. The summed E-state index contributed by atoms with van der Waals surface area (Å²) in [5, 5.41) is 2.35. The lowest BCUT2D eigenvalue weighted by Crippen LogP contribution is -2.38. The summed E-state index contributed by atoms with van der Waals surface area (Å²) < 4.78 is 0. The molecule has 0 heterocycles. The van der Waals surface area contributed by atoms with Crippen molar-refractivity contribution >= 4 is 18.2 Å².